The molecule has 4 rings (SSSR count). The first-order valence-corrected chi connectivity index (χ1v) is 9.60. The third-order valence-electron chi connectivity index (χ3n) is 6.35. The highest BCUT2D eigenvalue weighted by molar-refractivity contribution is 5.85. The fourth-order valence-corrected chi connectivity index (χ4v) is 4.99. The van der Waals surface area contributed by atoms with Crippen LogP contribution in [0.2, 0.25) is 0 Å². The lowest BCUT2D eigenvalue weighted by atomic mass is 9.65. The van der Waals surface area contributed by atoms with E-state index in [0.717, 1.165) is 44.1 Å². The van der Waals surface area contributed by atoms with E-state index in [9.17, 15) is 9.18 Å². The van der Waals surface area contributed by atoms with Crippen LogP contribution in [-0.4, -0.2) is 18.6 Å². The van der Waals surface area contributed by atoms with Crippen molar-refractivity contribution < 1.29 is 13.9 Å². The van der Waals surface area contributed by atoms with Gasteiger partial charge in [-0.15, -0.1) is 12.4 Å². The molecule has 0 spiro atoms. The Kier molecular flexibility index (Phi) is 6.08. The van der Waals surface area contributed by atoms with Crippen molar-refractivity contribution in [1.29, 1.82) is 0 Å². The minimum absolute atomic E-state index is 0. The van der Waals surface area contributed by atoms with Crippen LogP contribution < -0.4 is 15.8 Å². The second kappa shape index (κ2) is 8.13. The Hall–Kier alpha value is -1.33. The number of hydrogen-bond acceptors (Lipinski definition) is 3. The molecule has 2 aliphatic carbocycles. The molecule has 2 fully saturated rings. The fraction of sp³-hybridized carbons (Fsp3) is 0.650. The molecule has 144 valence electrons. The van der Waals surface area contributed by atoms with Crippen molar-refractivity contribution in [2.24, 2.45) is 23.5 Å². The minimum atomic E-state index is -0.306. The second-order valence-corrected chi connectivity index (χ2v) is 7.93. The van der Waals surface area contributed by atoms with Crippen molar-refractivity contribution in [3.05, 3.63) is 29.6 Å². The first-order chi connectivity index (χ1) is 12.1. The highest BCUT2D eigenvalue weighted by Gasteiger charge is 2.41. The van der Waals surface area contributed by atoms with Crippen LogP contribution in [0.15, 0.2) is 18.2 Å². The summed E-state index contributed by atoms with van der Waals surface area (Å²) in [6.45, 7) is 0.561. The van der Waals surface area contributed by atoms with Crippen LogP contribution in [0.4, 0.5) is 4.39 Å². The zero-order chi connectivity index (χ0) is 17.4. The van der Waals surface area contributed by atoms with Crippen molar-refractivity contribution in [2.75, 3.05) is 6.61 Å². The zero-order valence-electron chi connectivity index (χ0n) is 15.0. The summed E-state index contributed by atoms with van der Waals surface area (Å²) >= 11 is 0. The molecule has 1 amide bonds. The summed E-state index contributed by atoms with van der Waals surface area (Å²) in [7, 11) is 0. The molecule has 6 heteroatoms. The van der Waals surface area contributed by atoms with Crippen molar-refractivity contribution in [3.63, 3.8) is 0 Å². The number of nitrogens with two attached hydrogens (primary N) is 1. The number of hydrogen-bond donors (Lipinski definition) is 2. The van der Waals surface area contributed by atoms with E-state index >= 15 is 0 Å². The number of rotatable bonds is 2. The van der Waals surface area contributed by atoms with Gasteiger partial charge in [0.15, 0.2) is 0 Å². The summed E-state index contributed by atoms with van der Waals surface area (Å²) < 4.78 is 19.2. The summed E-state index contributed by atoms with van der Waals surface area (Å²) in [6, 6.07) is 4.78. The van der Waals surface area contributed by atoms with Gasteiger partial charge in [0.25, 0.3) is 0 Å². The lowest BCUT2D eigenvalue weighted by molar-refractivity contribution is -0.128. The molecule has 0 radical (unpaired) electrons. The van der Waals surface area contributed by atoms with Crippen LogP contribution in [-0.2, 0) is 4.79 Å². The van der Waals surface area contributed by atoms with E-state index in [0.29, 0.717) is 24.2 Å². The number of carbonyl (C=O) groups is 1. The van der Waals surface area contributed by atoms with Crippen molar-refractivity contribution in [1.82, 2.24) is 5.32 Å². The van der Waals surface area contributed by atoms with Gasteiger partial charge in [-0.1, -0.05) is 12.5 Å². The Morgan fingerprint density at radius 3 is 2.62 bits per heavy atom. The molecular formula is C20H28ClFN2O2. The van der Waals surface area contributed by atoms with Crippen LogP contribution in [0.5, 0.6) is 5.75 Å². The van der Waals surface area contributed by atoms with Gasteiger partial charge in [-0.25, -0.2) is 4.39 Å². The Labute approximate surface area is 160 Å². The normalized spacial score (nSPS) is 33.1. The molecule has 1 aromatic rings. The van der Waals surface area contributed by atoms with Gasteiger partial charge in [0.05, 0.1) is 12.6 Å². The molecule has 2 bridgehead atoms. The lowest BCUT2D eigenvalue weighted by Crippen LogP contribution is -2.49. The smallest absolute Gasteiger partial charge is 0.223 e. The average molecular weight is 383 g/mol. The van der Waals surface area contributed by atoms with Crippen LogP contribution in [0.1, 0.15) is 56.6 Å². The number of fused-ring (bicyclic) bond motifs is 3. The minimum Gasteiger partial charge on any atom is -0.493 e. The Morgan fingerprint density at radius 1 is 1.15 bits per heavy atom. The third kappa shape index (κ3) is 3.84. The summed E-state index contributed by atoms with van der Waals surface area (Å²) in [5.74, 6) is 1.42. The number of nitrogens with one attached hydrogen (secondary N) is 1. The largest absolute Gasteiger partial charge is 0.493 e. The summed E-state index contributed by atoms with van der Waals surface area (Å²) in [4.78, 5) is 12.9. The van der Waals surface area contributed by atoms with E-state index in [2.05, 4.69) is 5.32 Å². The SMILES string of the molecule is Cl.NC1C2CCCC1CC(C(=O)NC1CCCOc3cc(F)ccc31)C2. The van der Waals surface area contributed by atoms with Crippen LogP contribution >= 0.6 is 12.4 Å². The van der Waals surface area contributed by atoms with Gasteiger partial charge >= 0.3 is 0 Å². The van der Waals surface area contributed by atoms with Crippen LogP contribution in [0.25, 0.3) is 0 Å². The zero-order valence-corrected chi connectivity index (χ0v) is 15.8. The van der Waals surface area contributed by atoms with E-state index in [4.69, 9.17) is 10.5 Å². The molecule has 1 aliphatic heterocycles. The Bertz CT molecular complexity index is 643. The van der Waals surface area contributed by atoms with Crippen LogP contribution in [0.3, 0.4) is 0 Å². The first kappa shape index (κ1) is 19.4. The fourth-order valence-electron chi connectivity index (χ4n) is 4.99. The molecule has 0 saturated heterocycles. The van der Waals surface area contributed by atoms with E-state index in [1.54, 1.807) is 6.07 Å². The van der Waals surface area contributed by atoms with Gasteiger partial charge in [0.1, 0.15) is 11.6 Å². The highest BCUT2D eigenvalue weighted by atomic mass is 35.5. The first-order valence-electron chi connectivity index (χ1n) is 9.60. The van der Waals surface area contributed by atoms with Gasteiger partial charge in [-0.05, 0) is 56.4 Å². The lowest BCUT2D eigenvalue weighted by Gasteiger charge is -2.43. The molecule has 4 nitrogen and oxygen atoms in total. The molecule has 1 heterocycles. The van der Waals surface area contributed by atoms with Gasteiger partial charge in [0.2, 0.25) is 5.91 Å². The standard InChI is InChI=1S/C20H27FN2O2.ClH/c21-15-6-7-16-17(5-2-8-25-18(16)11-15)23-20(24)14-9-12-3-1-4-13(10-14)19(12)22;/h6-7,11-14,17,19H,1-5,8-10,22H2,(H,23,24);1H. The van der Waals surface area contributed by atoms with Gasteiger partial charge in [-0.2, -0.15) is 0 Å². The summed E-state index contributed by atoms with van der Waals surface area (Å²) in [5, 5.41) is 3.23. The van der Waals surface area contributed by atoms with E-state index in [1.807, 2.05) is 0 Å². The average Bonchev–Trinajstić information content (AvgIpc) is 2.76. The maximum Gasteiger partial charge on any atom is 0.223 e. The molecular weight excluding hydrogens is 355 g/mol. The quantitative estimate of drug-likeness (QED) is 0.819. The monoisotopic (exact) mass is 382 g/mol. The van der Waals surface area contributed by atoms with E-state index < -0.39 is 0 Å². The molecule has 3 unspecified atom stereocenters. The maximum absolute atomic E-state index is 13.5. The number of halogens is 2. The molecule has 2 saturated carbocycles. The molecule has 3 N–H and O–H groups in total. The van der Waals surface area contributed by atoms with Crippen molar-refractivity contribution in [3.8, 4) is 5.75 Å². The van der Waals surface area contributed by atoms with Crippen molar-refractivity contribution in [2.45, 2.75) is 57.0 Å². The number of amides is 1. The third-order valence-corrected chi connectivity index (χ3v) is 6.35. The molecule has 0 aromatic heterocycles. The van der Waals surface area contributed by atoms with Crippen LogP contribution in [0, 0.1) is 23.6 Å². The molecule has 1 aromatic carbocycles. The van der Waals surface area contributed by atoms with E-state index in [-0.39, 0.29) is 42.1 Å². The molecule has 26 heavy (non-hydrogen) atoms. The summed E-state index contributed by atoms with van der Waals surface area (Å²) in [6.07, 6.45) is 7.04. The molecule has 3 atom stereocenters. The Morgan fingerprint density at radius 2 is 1.88 bits per heavy atom. The predicted molar refractivity (Wildman–Crippen MR) is 101 cm³/mol. The Balaban J connectivity index is 0.00000196. The maximum atomic E-state index is 13.5. The van der Waals surface area contributed by atoms with Gasteiger partial charge < -0.3 is 15.8 Å². The number of carbonyl (C=O) groups excluding carboxylic acids is 1. The van der Waals surface area contributed by atoms with E-state index in [1.165, 1.54) is 18.6 Å². The highest BCUT2D eigenvalue weighted by Crippen LogP contribution is 2.42. The summed E-state index contributed by atoms with van der Waals surface area (Å²) in [5.41, 5.74) is 7.23. The van der Waals surface area contributed by atoms with Gasteiger partial charge in [-0.3, -0.25) is 4.79 Å². The number of benzene rings is 1. The number of ether oxygens (including phenoxy) is 1. The van der Waals surface area contributed by atoms with Gasteiger partial charge in [0, 0.05) is 23.6 Å². The molecule has 3 aliphatic rings. The second-order valence-electron chi connectivity index (χ2n) is 7.93. The van der Waals surface area contributed by atoms with Crippen molar-refractivity contribution >= 4 is 18.3 Å². The predicted octanol–water partition coefficient (Wildman–Crippen LogP) is 3.73. The topological polar surface area (TPSA) is 64.4 Å².